The standard InChI is InChI=1S/C22H14ClN3O4S/c23-14-3-1-2-13(8-14)21-25-16-10-15(5-7-17(16)30-21)24-22(31)26-20(27)12-4-6-18-19(9-12)29-11-28-18/h1-10H,11H2,(H2,24,26,27,31). The van der Waals surface area contributed by atoms with Crippen LogP contribution in [0.25, 0.3) is 22.6 Å². The van der Waals surface area contributed by atoms with Gasteiger partial charge in [-0.1, -0.05) is 17.7 Å². The first kappa shape index (κ1) is 19.3. The average Bonchev–Trinajstić information content (AvgIpc) is 3.39. The maximum absolute atomic E-state index is 12.5. The summed E-state index contributed by atoms with van der Waals surface area (Å²) in [7, 11) is 0. The predicted molar refractivity (Wildman–Crippen MR) is 121 cm³/mol. The van der Waals surface area contributed by atoms with E-state index in [-0.39, 0.29) is 17.8 Å². The first-order valence-corrected chi connectivity index (χ1v) is 10.0. The van der Waals surface area contributed by atoms with Crippen molar-refractivity contribution in [2.24, 2.45) is 0 Å². The van der Waals surface area contributed by atoms with Crippen LogP contribution in [0.2, 0.25) is 5.02 Å². The van der Waals surface area contributed by atoms with E-state index in [0.29, 0.717) is 44.8 Å². The van der Waals surface area contributed by atoms with Crippen LogP contribution in [0.15, 0.2) is 65.1 Å². The van der Waals surface area contributed by atoms with E-state index in [1.165, 1.54) is 0 Å². The van der Waals surface area contributed by atoms with Crippen LogP contribution in [-0.2, 0) is 0 Å². The minimum absolute atomic E-state index is 0.143. The molecule has 31 heavy (non-hydrogen) atoms. The Hall–Kier alpha value is -3.62. The molecule has 0 unspecified atom stereocenters. The van der Waals surface area contributed by atoms with Crippen molar-refractivity contribution in [1.82, 2.24) is 10.3 Å². The number of benzene rings is 3. The molecule has 154 valence electrons. The van der Waals surface area contributed by atoms with Gasteiger partial charge in [-0.05, 0) is 66.8 Å². The lowest BCUT2D eigenvalue weighted by molar-refractivity contribution is 0.0977. The summed E-state index contributed by atoms with van der Waals surface area (Å²) >= 11 is 11.3. The molecule has 1 aliphatic heterocycles. The lowest BCUT2D eigenvalue weighted by Crippen LogP contribution is -2.34. The number of oxazole rings is 1. The second-order valence-electron chi connectivity index (χ2n) is 6.69. The van der Waals surface area contributed by atoms with Crippen LogP contribution in [0.3, 0.4) is 0 Å². The van der Waals surface area contributed by atoms with E-state index in [0.717, 1.165) is 5.56 Å². The number of hydrogen-bond donors (Lipinski definition) is 2. The molecule has 2 N–H and O–H groups in total. The summed E-state index contributed by atoms with van der Waals surface area (Å²) in [6.45, 7) is 0.143. The lowest BCUT2D eigenvalue weighted by Gasteiger charge is -2.09. The topological polar surface area (TPSA) is 85.6 Å². The highest BCUT2D eigenvalue weighted by Gasteiger charge is 2.17. The molecule has 0 spiro atoms. The van der Waals surface area contributed by atoms with Gasteiger partial charge in [0.05, 0.1) is 0 Å². The van der Waals surface area contributed by atoms with Crippen LogP contribution in [0, 0.1) is 0 Å². The smallest absolute Gasteiger partial charge is 0.257 e. The number of ether oxygens (including phenoxy) is 2. The minimum Gasteiger partial charge on any atom is -0.454 e. The van der Waals surface area contributed by atoms with Gasteiger partial charge in [-0.3, -0.25) is 10.1 Å². The van der Waals surface area contributed by atoms with Crippen molar-refractivity contribution in [3.05, 3.63) is 71.2 Å². The molecule has 1 aliphatic rings. The quantitative estimate of drug-likeness (QED) is 0.424. The zero-order valence-electron chi connectivity index (χ0n) is 15.8. The molecule has 9 heteroatoms. The molecule has 0 atom stereocenters. The highest BCUT2D eigenvalue weighted by molar-refractivity contribution is 7.80. The average molecular weight is 452 g/mol. The molecule has 0 saturated carbocycles. The largest absolute Gasteiger partial charge is 0.454 e. The van der Waals surface area contributed by atoms with E-state index in [1.54, 1.807) is 48.5 Å². The molecule has 7 nitrogen and oxygen atoms in total. The monoisotopic (exact) mass is 451 g/mol. The number of halogens is 1. The van der Waals surface area contributed by atoms with Gasteiger partial charge < -0.3 is 19.2 Å². The fourth-order valence-electron chi connectivity index (χ4n) is 3.13. The summed E-state index contributed by atoms with van der Waals surface area (Å²) in [5.74, 6) is 1.24. The number of aromatic nitrogens is 1. The van der Waals surface area contributed by atoms with Gasteiger partial charge in [0.15, 0.2) is 22.2 Å². The van der Waals surface area contributed by atoms with Gasteiger partial charge in [-0.25, -0.2) is 4.98 Å². The molecule has 0 fully saturated rings. The first-order chi connectivity index (χ1) is 15.0. The van der Waals surface area contributed by atoms with Gasteiger partial charge in [0.25, 0.3) is 5.91 Å². The number of carbonyl (C=O) groups excluding carboxylic acids is 1. The second-order valence-corrected chi connectivity index (χ2v) is 7.53. The summed E-state index contributed by atoms with van der Waals surface area (Å²) < 4.78 is 16.4. The Morgan fingerprint density at radius 2 is 1.90 bits per heavy atom. The zero-order valence-corrected chi connectivity index (χ0v) is 17.4. The first-order valence-electron chi connectivity index (χ1n) is 9.24. The zero-order chi connectivity index (χ0) is 21.4. The number of fused-ring (bicyclic) bond motifs is 2. The molecule has 1 amide bonds. The molecule has 5 rings (SSSR count). The van der Waals surface area contributed by atoms with Crippen LogP contribution >= 0.6 is 23.8 Å². The highest BCUT2D eigenvalue weighted by atomic mass is 35.5. The van der Waals surface area contributed by atoms with Gasteiger partial charge in [0, 0.05) is 21.8 Å². The fourth-order valence-corrected chi connectivity index (χ4v) is 3.53. The maximum Gasteiger partial charge on any atom is 0.257 e. The molecule has 0 radical (unpaired) electrons. The molecular weight excluding hydrogens is 438 g/mol. The fraction of sp³-hybridized carbons (Fsp3) is 0.0455. The van der Waals surface area contributed by atoms with E-state index < -0.39 is 0 Å². The van der Waals surface area contributed by atoms with Crippen molar-refractivity contribution < 1.29 is 18.7 Å². The van der Waals surface area contributed by atoms with Crippen LogP contribution in [0.5, 0.6) is 11.5 Å². The Morgan fingerprint density at radius 3 is 2.77 bits per heavy atom. The molecule has 0 saturated heterocycles. The molecule has 0 bridgehead atoms. The van der Waals surface area contributed by atoms with Crippen LogP contribution < -0.4 is 20.1 Å². The number of nitrogens with zero attached hydrogens (tertiary/aromatic N) is 1. The van der Waals surface area contributed by atoms with Gasteiger partial charge in [-0.15, -0.1) is 0 Å². The van der Waals surface area contributed by atoms with E-state index in [2.05, 4.69) is 15.6 Å². The summed E-state index contributed by atoms with van der Waals surface area (Å²) in [5.41, 5.74) is 3.12. The van der Waals surface area contributed by atoms with Crippen LogP contribution in [0.1, 0.15) is 10.4 Å². The van der Waals surface area contributed by atoms with Gasteiger partial charge in [0.2, 0.25) is 12.7 Å². The normalized spacial score (nSPS) is 12.0. The molecule has 4 aromatic rings. The van der Waals surface area contributed by atoms with Crippen molar-refractivity contribution in [3.8, 4) is 23.0 Å². The Kier molecular flexibility index (Phi) is 4.93. The van der Waals surface area contributed by atoms with Gasteiger partial charge in [0.1, 0.15) is 5.52 Å². The molecule has 1 aromatic heterocycles. The summed E-state index contributed by atoms with van der Waals surface area (Å²) in [4.78, 5) is 17.0. The number of carbonyl (C=O) groups is 1. The van der Waals surface area contributed by atoms with E-state index in [4.69, 9.17) is 37.7 Å². The Bertz CT molecular complexity index is 1340. The number of amides is 1. The molecular formula is C22H14ClN3O4S. The predicted octanol–water partition coefficient (Wildman–Crippen LogP) is 5.00. The number of rotatable bonds is 3. The summed E-state index contributed by atoms with van der Waals surface area (Å²) in [6.07, 6.45) is 0. The number of thiocarbonyl (C=S) groups is 1. The third-order valence-electron chi connectivity index (χ3n) is 4.58. The van der Waals surface area contributed by atoms with Crippen LogP contribution in [-0.4, -0.2) is 22.8 Å². The van der Waals surface area contributed by atoms with E-state index in [9.17, 15) is 4.79 Å². The summed E-state index contributed by atoms with van der Waals surface area (Å²) in [5, 5.41) is 6.39. The SMILES string of the molecule is O=C(NC(=S)Nc1ccc2oc(-c3cccc(Cl)c3)nc2c1)c1ccc2c(c1)OCO2. The molecule has 0 aliphatic carbocycles. The number of nitrogens with one attached hydrogen (secondary N) is 2. The van der Waals surface area contributed by atoms with Crippen LogP contribution in [0.4, 0.5) is 5.69 Å². The Morgan fingerprint density at radius 1 is 1.03 bits per heavy atom. The van der Waals surface area contributed by atoms with Crippen molar-refractivity contribution in [2.45, 2.75) is 0 Å². The minimum atomic E-state index is -0.360. The molecule has 2 heterocycles. The van der Waals surface area contributed by atoms with Crippen molar-refractivity contribution >= 4 is 51.6 Å². The van der Waals surface area contributed by atoms with Gasteiger partial charge >= 0.3 is 0 Å². The van der Waals surface area contributed by atoms with Crippen molar-refractivity contribution in [1.29, 1.82) is 0 Å². The lowest BCUT2D eigenvalue weighted by atomic mass is 10.2. The van der Waals surface area contributed by atoms with Gasteiger partial charge in [-0.2, -0.15) is 0 Å². The third kappa shape index (κ3) is 4.03. The summed E-state index contributed by atoms with van der Waals surface area (Å²) in [6, 6.07) is 17.6. The van der Waals surface area contributed by atoms with E-state index in [1.807, 2.05) is 12.1 Å². The van der Waals surface area contributed by atoms with Crippen molar-refractivity contribution in [2.75, 3.05) is 12.1 Å². The maximum atomic E-state index is 12.5. The second kappa shape index (κ2) is 7.90. The van der Waals surface area contributed by atoms with E-state index >= 15 is 0 Å². The highest BCUT2D eigenvalue weighted by Crippen LogP contribution is 2.32. The Balaban J connectivity index is 1.29. The number of anilines is 1. The van der Waals surface area contributed by atoms with Crippen molar-refractivity contribution in [3.63, 3.8) is 0 Å². The third-order valence-corrected chi connectivity index (χ3v) is 5.02. The molecule has 3 aromatic carbocycles. The number of hydrogen-bond acceptors (Lipinski definition) is 6. The Labute approximate surface area is 186 Å².